The molecule has 0 spiro atoms. The zero-order chi connectivity index (χ0) is 22.2. The van der Waals surface area contributed by atoms with Gasteiger partial charge in [0.25, 0.3) is 5.91 Å². The lowest BCUT2D eigenvalue weighted by Crippen LogP contribution is -2.43. The van der Waals surface area contributed by atoms with Gasteiger partial charge < -0.3 is 10.6 Å². The minimum absolute atomic E-state index is 0.304. The maximum Gasteiger partial charge on any atom is 0.325 e. The van der Waals surface area contributed by atoms with Crippen LogP contribution in [0.25, 0.3) is 10.8 Å². The molecule has 3 aromatic carbocycles. The predicted octanol–water partition coefficient (Wildman–Crippen LogP) is 3.62. The van der Waals surface area contributed by atoms with E-state index in [2.05, 4.69) is 10.6 Å². The first-order chi connectivity index (χ1) is 14.8. The number of hydrogen-bond donors (Lipinski definition) is 2. The van der Waals surface area contributed by atoms with Gasteiger partial charge in [-0.3, -0.25) is 14.5 Å². The molecule has 0 radical (unpaired) electrons. The fraction of sp³-hybridized carbons (Fsp3) is 0.208. The molecule has 4 amide bonds. The monoisotopic (exact) mass is 419 g/mol. The van der Waals surface area contributed by atoms with Crippen LogP contribution in [0.2, 0.25) is 0 Å². The zero-order valence-corrected chi connectivity index (χ0v) is 17.2. The van der Waals surface area contributed by atoms with Gasteiger partial charge in [-0.25, -0.2) is 9.18 Å². The lowest BCUT2D eigenvalue weighted by molar-refractivity contribution is -0.135. The number of carbonyl (C=O) groups excluding carboxylic acids is 3. The Kier molecular flexibility index (Phi) is 5.19. The van der Waals surface area contributed by atoms with Crippen LogP contribution in [0.4, 0.5) is 9.18 Å². The minimum atomic E-state index is -1.35. The minimum Gasteiger partial charge on any atom is -0.348 e. The molecule has 7 heteroatoms. The molecule has 4 rings (SSSR count). The lowest BCUT2D eigenvalue weighted by atomic mass is 9.92. The molecule has 0 aromatic heterocycles. The van der Waals surface area contributed by atoms with Crippen molar-refractivity contribution in [3.05, 3.63) is 83.7 Å². The molecule has 2 atom stereocenters. The van der Waals surface area contributed by atoms with E-state index in [1.165, 1.54) is 31.2 Å². The van der Waals surface area contributed by atoms with Gasteiger partial charge in [0.05, 0.1) is 6.04 Å². The van der Waals surface area contributed by atoms with Gasteiger partial charge in [0.1, 0.15) is 17.9 Å². The highest BCUT2D eigenvalue weighted by Crippen LogP contribution is 2.29. The number of nitrogens with one attached hydrogen (secondary N) is 2. The van der Waals surface area contributed by atoms with E-state index in [9.17, 15) is 18.8 Å². The van der Waals surface area contributed by atoms with Crippen LogP contribution in [0.15, 0.2) is 66.7 Å². The van der Waals surface area contributed by atoms with Gasteiger partial charge in [-0.05, 0) is 53.9 Å². The molecule has 158 valence electrons. The first kappa shape index (κ1) is 20.5. The van der Waals surface area contributed by atoms with Gasteiger partial charge in [-0.1, -0.05) is 48.5 Å². The summed E-state index contributed by atoms with van der Waals surface area (Å²) in [6.45, 7) is 2.98. The molecular weight excluding hydrogens is 397 g/mol. The van der Waals surface area contributed by atoms with E-state index in [4.69, 9.17) is 0 Å². The van der Waals surface area contributed by atoms with Gasteiger partial charge in [0.15, 0.2) is 0 Å². The third-order valence-corrected chi connectivity index (χ3v) is 5.65. The molecule has 6 nitrogen and oxygen atoms in total. The van der Waals surface area contributed by atoms with E-state index < -0.39 is 35.7 Å². The normalized spacial score (nSPS) is 19.4. The van der Waals surface area contributed by atoms with Crippen molar-refractivity contribution in [1.29, 1.82) is 0 Å². The maximum atomic E-state index is 13.2. The molecule has 1 heterocycles. The van der Waals surface area contributed by atoms with Crippen molar-refractivity contribution >= 4 is 28.6 Å². The number of carbonyl (C=O) groups is 3. The average Bonchev–Trinajstić information content (AvgIpc) is 2.97. The van der Waals surface area contributed by atoms with Crippen LogP contribution in [0, 0.1) is 5.82 Å². The second kappa shape index (κ2) is 7.83. The van der Waals surface area contributed by atoms with Crippen molar-refractivity contribution < 1.29 is 18.8 Å². The Morgan fingerprint density at radius 3 is 2.45 bits per heavy atom. The fourth-order valence-electron chi connectivity index (χ4n) is 3.81. The van der Waals surface area contributed by atoms with Crippen LogP contribution in [-0.4, -0.2) is 29.3 Å². The molecule has 1 saturated heterocycles. The van der Waals surface area contributed by atoms with Gasteiger partial charge in [0.2, 0.25) is 5.91 Å². The van der Waals surface area contributed by atoms with Gasteiger partial charge in [-0.2, -0.15) is 0 Å². The third kappa shape index (κ3) is 3.86. The molecule has 0 unspecified atom stereocenters. The smallest absolute Gasteiger partial charge is 0.325 e. The summed E-state index contributed by atoms with van der Waals surface area (Å²) in [5, 5.41) is 7.61. The number of imide groups is 1. The summed E-state index contributed by atoms with van der Waals surface area (Å²) in [4.78, 5) is 38.8. The van der Waals surface area contributed by atoms with Gasteiger partial charge in [-0.15, -0.1) is 0 Å². The Morgan fingerprint density at radius 1 is 1.06 bits per heavy atom. The molecule has 0 aliphatic carbocycles. The summed E-state index contributed by atoms with van der Waals surface area (Å²) < 4.78 is 13.2. The van der Waals surface area contributed by atoms with Crippen molar-refractivity contribution in [2.24, 2.45) is 0 Å². The number of halogens is 1. The van der Waals surface area contributed by atoms with Crippen LogP contribution in [0.3, 0.4) is 0 Å². The molecule has 1 aliphatic rings. The number of rotatable bonds is 5. The van der Waals surface area contributed by atoms with Crippen molar-refractivity contribution in [1.82, 2.24) is 15.5 Å². The maximum absolute atomic E-state index is 13.2. The summed E-state index contributed by atoms with van der Waals surface area (Å²) in [7, 11) is 0. The first-order valence-electron chi connectivity index (χ1n) is 9.96. The number of urea groups is 1. The number of hydrogen-bond acceptors (Lipinski definition) is 3. The van der Waals surface area contributed by atoms with E-state index >= 15 is 0 Å². The van der Waals surface area contributed by atoms with E-state index in [-0.39, 0.29) is 6.04 Å². The molecule has 3 aromatic rings. The van der Waals surface area contributed by atoms with Gasteiger partial charge in [0, 0.05) is 0 Å². The van der Waals surface area contributed by atoms with Crippen LogP contribution >= 0.6 is 0 Å². The second-order valence-electron chi connectivity index (χ2n) is 7.85. The summed E-state index contributed by atoms with van der Waals surface area (Å²) in [5.41, 5.74) is 0.00904. The van der Waals surface area contributed by atoms with E-state index in [0.717, 1.165) is 21.2 Å². The molecule has 0 saturated carbocycles. The van der Waals surface area contributed by atoms with Crippen LogP contribution in [0.1, 0.15) is 31.0 Å². The van der Waals surface area contributed by atoms with Crippen molar-refractivity contribution in [2.45, 2.75) is 25.4 Å². The molecule has 1 aliphatic heterocycles. The average molecular weight is 419 g/mol. The fourth-order valence-corrected chi connectivity index (χ4v) is 3.81. The Morgan fingerprint density at radius 2 is 1.74 bits per heavy atom. The highest BCUT2D eigenvalue weighted by molar-refractivity contribution is 6.09. The summed E-state index contributed by atoms with van der Waals surface area (Å²) >= 11 is 0. The molecule has 1 fully saturated rings. The third-order valence-electron chi connectivity index (χ3n) is 5.65. The number of benzene rings is 3. The zero-order valence-electron chi connectivity index (χ0n) is 17.2. The molecule has 2 N–H and O–H groups in total. The van der Waals surface area contributed by atoms with Crippen LogP contribution in [0.5, 0.6) is 0 Å². The van der Waals surface area contributed by atoms with Crippen molar-refractivity contribution in [3.63, 3.8) is 0 Å². The first-order valence-corrected chi connectivity index (χ1v) is 9.96. The highest BCUT2D eigenvalue weighted by Gasteiger charge is 2.49. The second-order valence-corrected chi connectivity index (χ2v) is 7.85. The van der Waals surface area contributed by atoms with E-state index in [0.29, 0.717) is 5.56 Å². The summed E-state index contributed by atoms with van der Waals surface area (Å²) in [6.07, 6.45) is 0. The summed E-state index contributed by atoms with van der Waals surface area (Å²) in [6, 6.07) is 18.2. The predicted molar refractivity (Wildman–Crippen MR) is 115 cm³/mol. The standard InChI is InChI=1S/C24H22FN3O3/c1-15(17-8-7-16-5-3-4-6-18(16)13-17)26-21(29)14-28-22(30)24(2,27-23(28)31)19-9-11-20(25)12-10-19/h3-13,15H,14H2,1-2H3,(H,26,29)(H,27,31)/t15-,24-/m0/s1. The van der Waals surface area contributed by atoms with Crippen molar-refractivity contribution in [3.8, 4) is 0 Å². The van der Waals surface area contributed by atoms with E-state index in [1.54, 1.807) is 0 Å². The SMILES string of the molecule is C[C@H](NC(=O)CN1C(=O)N[C@@](C)(c2ccc(F)cc2)C1=O)c1ccc2ccccc2c1. The summed E-state index contributed by atoms with van der Waals surface area (Å²) in [5.74, 6) is -1.45. The quantitative estimate of drug-likeness (QED) is 0.620. The number of nitrogens with zero attached hydrogens (tertiary/aromatic N) is 1. The van der Waals surface area contributed by atoms with E-state index in [1.807, 2.05) is 49.4 Å². The molecular formula is C24H22FN3O3. The highest BCUT2D eigenvalue weighted by atomic mass is 19.1. The lowest BCUT2D eigenvalue weighted by Gasteiger charge is -2.22. The largest absolute Gasteiger partial charge is 0.348 e. The molecule has 31 heavy (non-hydrogen) atoms. The van der Waals surface area contributed by atoms with Gasteiger partial charge >= 0.3 is 6.03 Å². The Bertz CT molecular complexity index is 1180. The molecule has 0 bridgehead atoms. The number of amides is 4. The van der Waals surface area contributed by atoms with Crippen molar-refractivity contribution in [2.75, 3.05) is 6.54 Å². The van der Waals surface area contributed by atoms with Crippen LogP contribution < -0.4 is 10.6 Å². The van der Waals surface area contributed by atoms with Crippen LogP contribution in [-0.2, 0) is 15.1 Å². The Hall–Kier alpha value is -3.74. The Labute approximate surface area is 179 Å². The number of fused-ring (bicyclic) bond motifs is 1. The topological polar surface area (TPSA) is 78.5 Å². The Balaban J connectivity index is 1.45.